The number of hydrogen-bond donors (Lipinski definition) is 2. The molecule has 1 fully saturated rings. The molecule has 0 radical (unpaired) electrons. The third-order valence-electron chi connectivity index (χ3n) is 3.21. The number of rotatable bonds is 4. The SMILES string of the molecule is NC(CNC(=O)c1cc(I)cc(C(F)(F)F)c1)C1CC1. The Labute approximate surface area is 128 Å². The Balaban J connectivity index is 2.06. The highest BCUT2D eigenvalue weighted by Crippen LogP contribution is 2.32. The van der Waals surface area contributed by atoms with E-state index in [0.29, 0.717) is 9.49 Å². The van der Waals surface area contributed by atoms with Gasteiger partial charge in [0.15, 0.2) is 0 Å². The Bertz CT molecular complexity index is 515. The van der Waals surface area contributed by atoms with Crippen LogP contribution in [0.15, 0.2) is 18.2 Å². The fraction of sp³-hybridized carbons (Fsp3) is 0.462. The summed E-state index contributed by atoms with van der Waals surface area (Å²) in [5, 5.41) is 2.59. The molecule has 1 aliphatic carbocycles. The van der Waals surface area contributed by atoms with Gasteiger partial charge >= 0.3 is 6.18 Å². The van der Waals surface area contributed by atoms with E-state index in [9.17, 15) is 18.0 Å². The van der Waals surface area contributed by atoms with Gasteiger partial charge in [0, 0.05) is 21.7 Å². The molecule has 1 amide bonds. The lowest BCUT2D eigenvalue weighted by Gasteiger charge is -2.13. The molecule has 20 heavy (non-hydrogen) atoms. The number of nitrogens with one attached hydrogen (secondary N) is 1. The predicted octanol–water partition coefficient (Wildman–Crippen LogP) is 2.78. The van der Waals surface area contributed by atoms with Gasteiger partial charge in [0.1, 0.15) is 0 Å². The van der Waals surface area contributed by atoms with Crippen molar-refractivity contribution in [3.05, 3.63) is 32.9 Å². The minimum Gasteiger partial charge on any atom is -0.350 e. The zero-order chi connectivity index (χ0) is 14.9. The van der Waals surface area contributed by atoms with Crippen LogP contribution in [0.25, 0.3) is 0 Å². The van der Waals surface area contributed by atoms with Gasteiger partial charge in [0.25, 0.3) is 5.91 Å². The lowest BCUT2D eigenvalue weighted by molar-refractivity contribution is -0.137. The quantitative estimate of drug-likeness (QED) is 0.767. The van der Waals surface area contributed by atoms with E-state index >= 15 is 0 Å². The predicted molar refractivity (Wildman–Crippen MR) is 77.2 cm³/mol. The van der Waals surface area contributed by atoms with E-state index in [1.54, 1.807) is 22.6 Å². The van der Waals surface area contributed by atoms with Crippen molar-refractivity contribution >= 4 is 28.5 Å². The van der Waals surface area contributed by atoms with Crippen LogP contribution in [0.1, 0.15) is 28.8 Å². The molecule has 0 bridgehead atoms. The maximum atomic E-state index is 12.7. The van der Waals surface area contributed by atoms with Crippen molar-refractivity contribution in [1.29, 1.82) is 0 Å². The molecule has 1 unspecified atom stereocenters. The highest BCUT2D eigenvalue weighted by atomic mass is 127. The minimum absolute atomic E-state index is 0.00669. The lowest BCUT2D eigenvalue weighted by Crippen LogP contribution is -2.38. The second-order valence-electron chi connectivity index (χ2n) is 4.94. The fourth-order valence-corrected chi connectivity index (χ4v) is 2.56. The molecule has 7 heteroatoms. The zero-order valence-electron chi connectivity index (χ0n) is 10.5. The van der Waals surface area contributed by atoms with E-state index in [1.165, 1.54) is 6.07 Å². The molecule has 3 N–H and O–H groups in total. The van der Waals surface area contributed by atoms with Gasteiger partial charge in [0.2, 0.25) is 0 Å². The maximum absolute atomic E-state index is 12.7. The Morgan fingerprint density at radius 3 is 2.60 bits per heavy atom. The number of amides is 1. The highest BCUT2D eigenvalue weighted by molar-refractivity contribution is 14.1. The summed E-state index contributed by atoms with van der Waals surface area (Å²) in [5.74, 6) is -0.0953. The first kappa shape index (κ1) is 15.6. The molecule has 1 atom stereocenters. The molecule has 110 valence electrons. The Kier molecular flexibility index (Phi) is 4.58. The largest absolute Gasteiger partial charge is 0.416 e. The van der Waals surface area contributed by atoms with Gasteiger partial charge in [-0.1, -0.05) is 0 Å². The summed E-state index contributed by atoms with van der Waals surface area (Å²) in [6, 6.07) is 3.17. The molecule has 0 spiro atoms. The molecule has 1 aliphatic rings. The molecule has 0 heterocycles. The van der Waals surface area contributed by atoms with Gasteiger partial charge < -0.3 is 11.1 Å². The Morgan fingerprint density at radius 1 is 1.40 bits per heavy atom. The van der Waals surface area contributed by atoms with Crippen molar-refractivity contribution in [1.82, 2.24) is 5.32 Å². The Hall–Kier alpha value is -0.830. The topological polar surface area (TPSA) is 55.1 Å². The van der Waals surface area contributed by atoms with Crippen LogP contribution < -0.4 is 11.1 Å². The fourth-order valence-electron chi connectivity index (χ4n) is 1.89. The standard InChI is InChI=1S/C13H14F3IN2O/c14-13(15,16)9-3-8(4-10(17)5-9)12(20)19-6-11(18)7-1-2-7/h3-5,7,11H,1-2,6,18H2,(H,19,20). The van der Waals surface area contributed by atoms with Crippen LogP contribution >= 0.6 is 22.6 Å². The van der Waals surface area contributed by atoms with E-state index in [1.807, 2.05) is 0 Å². The van der Waals surface area contributed by atoms with Crippen molar-refractivity contribution in [2.45, 2.75) is 25.1 Å². The van der Waals surface area contributed by atoms with Gasteiger partial charge in [-0.3, -0.25) is 4.79 Å². The molecule has 1 aromatic carbocycles. The van der Waals surface area contributed by atoms with Crippen molar-refractivity contribution in [3.8, 4) is 0 Å². The normalized spacial score (nSPS) is 16.9. The minimum atomic E-state index is -4.46. The van der Waals surface area contributed by atoms with Crippen LogP contribution in [0, 0.1) is 9.49 Å². The molecular formula is C13H14F3IN2O. The van der Waals surface area contributed by atoms with Crippen molar-refractivity contribution in [2.75, 3.05) is 6.54 Å². The molecule has 0 saturated heterocycles. The number of nitrogens with two attached hydrogens (primary N) is 1. The zero-order valence-corrected chi connectivity index (χ0v) is 12.7. The summed E-state index contributed by atoms with van der Waals surface area (Å²) in [5.41, 5.74) is 5.03. The highest BCUT2D eigenvalue weighted by Gasteiger charge is 2.32. The second kappa shape index (κ2) is 5.88. The van der Waals surface area contributed by atoms with E-state index < -0.39 is 17.6 Å². The summed E-state index contributed by atoms with van der Waals surface area (Å²) in [6.45, 7) is 0.288. The second-order valence-corrected chi connectivity index (χ2v) is 6.18. The molecule has 0 aromatic heterocycles. The van der Waals surface area contributed by atoms with Gasteiger partial charge in [-0.05, 0) is 59.5 Å². The van der Waals surface area contributed by atoms with Crippen molar-refractivity contribution in [3.63, 3.8) is 0 Å². The van der Waals surface area contributed by atoms with Crippen LogP contribution in [-0.4, -0.2) is 18.5 Å². The lowest BCUT2D eigenvalue weighted by atomic mass is 10.1. The van der Waals surface area contributed by atoms with Gasteiger partial charge in [-0.25, -0.2) is 0 Å². The van der Waals surface area contributed by atoms with E-state index in [2.05, 4.69) is 5.32 Å². The smallest absolute Gasteiger partial charge is 0.350 e. The van der Waals surface area contributed by atoms with Crippen molar-refractivity contribution < 1.29 is 18.0 Å². The third-order valence-corrected chi connectivity index (χ3v) is 3.84. The molecular weight excluding hydrogens is 384 g/mol. The number of carbonyl (C=O) groups excluding carboxylic acids is 1. The average Bonchev–Trinajstić information content (AvgIpc) is 3.17. The summed E-state index contributed by atoms with van der Waals surface area (Å²) in [7, 11) is 0. The van der Waals surface area contributed by atoms with Gasteiger partial charge in [0.05, 0.1) is 5.56 Å². The van der Waals surface area contributed by atoms with Crippen LogP contribution in [0.4, 0.5) is 13.2 Å². The summed E-state index contributed by atoms with van der Waals surface area (Å²) in [4.78, 5) is 11.9. The monoisotopic (exact) mass is 398 g/mol. The number of carbonyl (C=O) groups is 1. The molecule has 3 nitrogen and oxygen atoms in total. The van der Waals surface area contributed by atoms with Crippen LogP contribution in [0.3, 0.4) is 0 Å². The first-order valence-electron chi connectivity index (χ1n) is 6.19. The number of hydrogen-bond acceptors (Lipinski definition) is 2. The third kappa shape index (κ3) is 4.08. The maximum Gasteiger partial charge on any atom is 0.416 e. The van der Waals surface area contributed by atoms with Crippen molar-refractivity contribution in [2.24, 2.45) is 11.7 Å². The summed E-state index contributed by atoms with van der Waals surface area (Å²) in [6.07, 6.45) is -2.35. The van der Waals surface area contributed by atoms with E-state index in [4.69, 9.17) is 5.73 Å². The average molecular weight is 398 g/mol. The van der Waals surface area contributed by atoms with Gasteiger partial charge in [-0.15, -0.1) is 0 Å². The Morgan fingerprint density at radius 2 is 2.05 bits per heavy atom. The van der Waals surface area contributed by atoms with Crippen LogP contribution in [0.2, 0.25) is 0 Å². The summed E-state index contributed by atoms with van der Waals surface area (Å²) < 4.78 is 38.4. The molecule has 1 saturated carbocycles. The van der Waals surface area contributed by atoms with Crippen LogP contribution in [0.5, 0.6) is 0 Å². The van der Waals surface area contributed by atoms with E-state index in [-0.39, 0.29) is 18.2 Å². The molecule has 2 rings (SSSR count). The van der Waals surface area contributed by atoms with Gasteiger partial charge in [-0.2, -0.15) is 13.2 Å². The molecule has 1 aromatic rings. The number of benzene rings is 1. The number of halogens is 4. The summed E-state index contributed by atoms with van der Waals surface area (Å²) >= 11 is 1.76. The van der Waals surface area contributed by atoms with Crippen LogP contribution in [-0.2, 0) is 6.18 Å². The first-order chi connectivity index (χ1) is 9.27. The first-order valence-corrected chi connectivity index (χ1v) is 7.27. The number of alkyl halides is 3. The molecule has 0 aliphatic heterocycles. The van der Waals surface area contributed by atoms with E-state index in [0.717, 1.165) is 25.0 Å².